The van der Waals surface area contributed by atoms with Crippen LogP contribution in [0, 0.1) is 10.1 Å². The highest BCUT2D eigenvalue weighted by Crippen LogP contribution is 2.52. The van der Waals surface area contributed by atoms with Crippen molar-refractivity contribution in [3.8, 4) is 0 Å². The van der Waals surface area contributed by atoms with Crippen molar-refractivity contribution >= 4 is 18.0 Å². The van der Waals surface area contributed by atoms with Crippen LogP contribution in [0.15, 0.2) is 24.3 Å². The number of non-ortho nitro benzene ring substituents is 1. The summed E-state index contributed by atoms with van der Waals surface area (Å²) in [5.74, 6) is 0. The number of nitrogens with zero attached hydrogens (tertiary/aromatic N) is 1. The van der Waals surface area contributed by atoms with E-state index < -0.39 is 28.9 Å². The van der Waals surface area contributed by atoms with E-state index in [0.29, 0.717) is 0 Å². The number of hydrogen-bond acceptors (Lipinski definition) is 6. The summed E-state index contributed by atoms with van der Waals surface area (Å²) in [6, 6.07) is 5.14. The van der Waals surface area contributed by atoms with Gasteiger partial charge < -0.3 is 19.7 Å². The molecule has 0 saturated heterocycles. The Balaban J connectivity index is 2.34. The van der Waals surface area contributed by atoms with Crippen molar-refractivity contribution < 1.29 is 34.2 Å². The minimum atomic E-state index is -1.62. The minimum Gasteiger partial charge on any atom is -0.450 e. The Morgan fingerprint density at radius 3 is 2.60 bits per heavy atom. The van der Waals surface area contributed by atoms with Crippen LogP contribution < -0.4 is 0 Å². The fourth-order valence-corrected chi connectivity index (χ4v) is 1.98. The largest absolute Gasteiger partial charge is 0.506 e. The molecule has 20 heavy (non-hydrogen) atoms. The van der Waals surface area contributed by atoms with E-state index in [9.17, 15) is 19.7 Å². The summed E-state index contributed by atoms with van der Waals surface area (Å²) >= 11 is 0. The average Bonchev–Trinajstić information content (AvgIpc) is 3.01. The second-order valence-corrected chi connectivity index (χ2v) is 4.14. The molecule has 2 rings (SSSR count). The van der Waals surface area contributed by atoms with E-state index in [1.54, 1.807) is 0 Å². The molecule has 1 aliphatic carbocycles. The molecule has 0 amide bonds. The van der Waals surface area contributed by atoms with Gasteiger partial charge in [-0.2, -0.15) is 0 Å². The molecule has 0 radical (unpaired) electrons. The third kappa shape index (κ3) is 2.46. The predicted molar refractivity (Wildman–Crippen MR) is 61.4 cm³/mol. The maximum absolute atomic E-state index is 10.7. The molecule has 0 spiro atoms. The molecule has 2 atom stereocenters. The molecule has 0 aliphatic heterocycles. The fourth-order valence-electron chi connectivity index (χ4n) is 1.98. The monoisotopic (exact) mass is 283 g/mol. The van der Waals surface area contributed by atoms with Crippen LogP contribution in [0.3, 0.4) is 0 Å². The van der Waals surface area contributed by atoms with E-state index in [4.69, 9.17) is 10.2 Å². The van der Waals surface area contributed by atoms with Gasteiger partial charge in [-0.05, 0) is 0 Å². The van der Waals surface area contributed by atoms with Crippen molar-refractivity contribution in [2.24, 2.45) is 0 Å². The molecule has 1 fully saturated rings. The van der Waals surface area contributed by atoms with Crippen molar-refractivity contribution in [2.45, 2.75) is 18.1 Å². The number of carbonyl (C=O) groups is 2. The van der Waals surface area contributed by atoms with Crippen molar-refractivity contribution in [1.29, 1.82) is 0 Å². The van der Waals surface area contributed by atoms with Crippen LogP contribution in [-0.4, -0.2) is 33.6 Å². The van der Waals surface area contributed by atoms with Gasteiger partial charge in [0.15, 0.2) is 11.7 Å². The number of ether oxygens (including phenoxy) is 2. The summed E-state index contributed by atoms with van der Waals surface area (Å²) in [5.41, 5.74) is -1.59. The molecule has 9 nitrogen and oxygen atoms in total. The van der Waals surface area contributed by atoms with Crippen molar-refractivity contribution in [2.75, 3.05) is 0 Å². The molecular formula is C11H9NO8. The normalized spacial score (nSPS) is 23.7. The van der Waals surface area contributed by atoms with Gasteiger partial charge in [0, 0.05) is 24.1 Å². The second kappa shape index (κ2) is 4.68. The molecule has 0 bridgehead atoms. The SMILES string of the molecule is O=C(O)OC1CC1(OC(=O)O)c1cccc([N+](=O)[O-])c1. The summed E-state index contributed by atoms with van der Waals surface area (Å²) in [4.78, 5) is 31.3. The van der Waals surface area contributed by atoms with Crippen LogP contribution >= 0.6 is 0 Å². The zero-order valence-corrected chi connectivity index (χ0v) is 9.88. The smallest absolute Gasteiger partial charge is 0.450 e. The van der Waals surface area contributed by atoms with Crippen LogP contribution in [0.5, 0.6) is 0 Å². The van der Waals surface area contributed by atoms with Gasteiger partial charge in [-0.15, -0.1) is 0 Å². The average molecular weight is 283 g/mol. The Labute approximate surface area is 111 Å². The molecule has 1 aromatic carbocycles. The van der Waals surface area contributed by atoms with E-state index in [-0.39, 0.29) is 17.7 Å². The van der Waals surface area contributed by atoms with Crippen molar-refractivity contribution in [1.82, 2.24) is 0 Å². The summed E-state index contributed by atoms with van der Waals surface area (Å²) in [6.07, 6.45) is -4.23. The van der Waals surface area contributed by atoms with Crippen molar-refractivity contribution in [3.05, 3.63) is 39.9 Å². The molecule has 1 saturated carbocycles. The molecule has 106 valence electrons. The van der Waals surface area contributed by atoms with Gasteiger partial charge in [-0.1, -0.05) is 12.1 Å². The van der Waals surface area contributed by atoms with Crippen LogP contribution in [0.25, 0.3) is 0 Å². The summed E-state index contributed by atoms with van der Waals surface area (Å²) in [7, 11) is 0. The summed E-state index contributed by atoms with van der Waals surface area (Å²) in [5, 5.41) is 28.0. The predicted octanol–water partition coefficient (Wildman–Crippen LogP) is 1.95. The number of nitro benzene ring substituents is 1. The second-order valence-electron chi connectivity index (χ2n) is 4.14. The third-order valence-electron chi connectivity index (χ3n) is 2.91. The molecule has 2 unspecified atom stereocenters. The highest BCUT2D eigenvalue weighted by atomic mass is 16.7. The first-order chi connectivity index (χ1) is 9.35. The highest BCUT2D eigenvalue weighted by molar-refractivity contribution is 5.61. The standard InChI is InChI=1S/C11H9NO8/c13-9(14)19-8-5-11(8,20-10(15)16)6-2-1-3-7(4-6)12(17)18/h1-4,8H,5H2,(H,13,14)(H,15,16). The Morgan fingerprint density at radius 2 is 2.05 bits per heavy atom. The Bertz CT molecular complexity index is 586. The number of benzene rings is 1. The molecule has 0 heterocycles. The van der Waals surface area contributed by atoms with Crippen LogP contribution in [0.4, 0.5) is 15.3 Å². The van der Waals surface area contributed by atoms with Crippen LogP contribution in [0.1, 0.15) is 12.0 Å². The molecule has 0 aromatic heterocycles. The number of nitro groups is 1. The molecule has 2 N–H and O–H groups in total. The van der Waals surface area contributed by atoms with E-state index >= 15 is 0 Å². The lowest BCUT2D eigenvalue weighted by atomic mass is 10.1. The molecule has 9 heteroatoms. The molecular weight excluding hydrogens is 274 g/mol. The quantitative estimate of drug-likeness (QED) is 0.486. The Hall–Kier alpha value is -2.84. The van der Waals surface area contributed by atoms with Gasteiger partial charge >= 0.3 is 12.3 Å². The zero-order valence-electron chi connectivity index (χ0n) is 9.88. The lowest BCUT2D eigenvalue weighted by molar-refractivity contribution is -0.385. The zero-order chi connectivity index (χ0) is 14.9. The molecule has 1 aromatic rings. The van der Waals surface area contributed by atoms with Gasteiger partial charge in [0.05, 0.1) is 4.92 Å². The first-order valence-corrected chi connectivity index (χ1v) is 5.41. The summed E-state index contributed by atoms with van der Waals surface area (Å²) < 4.78 is 9.18. The summed E-state index contributed by atoms with van der Waals surface area (Å²) in [6.45, 7) is 0. The maximum atomic E-state index is 10.7. The highest BCUT2D eigenvalue weighted by Gasteiger charge is 2.63. The van der Waals surface area contributed by atoms with Crippen LogP contribution in [-0.2, 0) is 15.1 Å². The van der Waals surface area contributed by atoms with E-state index in [1.165, 1.54) is 18.2 Å². The van der Waals surface area contributed by atoms with Gasteiger partial charge in [-0.25, -0.2) is 9.59 Å². The van der Waals surface area contributed by atoms with Crippen molar-refractivity contribution in [3.63, 3.8) is 0 Å². The minimum absolute atomic E-state index is 0.0211. The number of rotatable bonds is 4. The lowest BCUT2D eigenvalue weighted by Gasteiger charge is -2.15. The fraction of sp³-hybridized carbons (Fsp3) is 0.273. The van der Waals surface area contributed by atoms with E-state index in [1.807, 2.05) is 0 Å². The maximum Gasteiger partial charge on any atom is 0.506 e. The topological polar surface area (TPSA) is 136 Å². The third-order valence-corrected chi connectivity index (χ3v) is 2.91. The van der Waals surface area contributed by atoms with Gasteiger partial charge in [0.25, 0.3) is 5.69 Å². The van der Waals surface area contributed by atoms with Gasteiger partial charge in [0.2, 0.25) is 0 Å². The first kappa shape index (κ1) is 13.6. The van der Waals surface area contributed by atoms with E-state index in [2.05, 4.69) is 9.47 Å². The van der Waals surface area contributed by atoms with Gasteiger partial charge in [0.1, 0.15) is 0 Å². The lowest BCUT2D eigenvalue weighted by Crippen LogP contribution is -2.23. The van der Waals surface area contributed by atoms with Gasteiger partial charge in [-0.3, -0.25) is 10.1 Å². The number of carboxylic acid groups (broad SMARTS) is 2. The number of hydrogen-bond donors (Lipinski definition) is 2. The first-order valence-electron chi connectivity index (χ1n) is 5.41. The Kier molecular flexibility index (Phi) is 3.18. The Morgan fingerprint density at radius 1 is 1.35 bits per heavy atom. The van der Waals surface area contributed by atoms with Crippen LogP contribution in [0.2, 0.25) is 0 Å². The van der Waals surface area contributed by atoms with E-state index in [0.717, 1.165) is 6.07 Å². The molecule has 1 aliphatic rings.